The Hall–Kier alpha value is -4.19. The summed E-state index contributed by atoms with van der Waals surface area (Å²) in [7, 11) is 0. The highest BCUT2D eigenvalue weighted by molar-refractivity contribution is 6.14. The number of para-hydroxylation sites is 1. The summed E-state index contributed by atoms with van der Waals surface area (Å²) in [6.45, 7) is 0.564. The van der Waals surface area contributed by atoms with Crippen LogP contribution in [0.25, 0.3) is 17.0 Å². The van der Waals surface area contributed by atoms with Crippen molar-refractivity contribution in [2.75, 3.05) is 0 Å². The highest BCUT2D eigenvalue weighted by Crippen LogP contribution is 2.26. The van der Waals surface area contributed by atoms with Crippen molar-refractivity contribution in [1.82, 2.24) is 14.8 Å². The molecule has 0 atom stereocenters. The van der Waals surface area contributed by atoms with Crippen molar-refractivity contribution in [2.45, 2.75) is 13.1 Å². The Morgan fingerprint density at radius 1 is 0.844 bits per heavy atom. The quantitative estimate of drug-likeness (QED) is 0.364. The van der Waals surface area contributed by atoms with Gasteiger partial charge in [0, 0.05) is 28.2 Å². The molecule has 0 bridgehead atoms. The van der Waals surface area contributed by atoms with Crippen LogP contribution >= 0.6 is 0 Å². The average molecular weight is 425 g/mol. The minimum absolute atomic E-state index is 0.206. The third kappa shape index (κ3) is 3.67. The summed E-state index contributed by atoms with van der Waals surface area (Å²) in [5.74, 6) is -0.634. The van der Waals surface area contributed by atoms with Gasteiger partial charge in [-0.2, -0.15) is 0 Å². The van der Waals surface area contributed by atoms with Crippen LogP contribution in [-0.2, 0) is 17.9 Å². The second-order valence-electron chi connectivity index (χ2n) is 7.69. The number of nitrogens with zero attached hydrogens (tertiary/aromatic N) is 2. The molecule has 1 saturated heterocycles. The lowest BCUT2D eigenvalue weighted by molar-refractivity contribution is -0.123. The van der Waals surface area contributed by atoms with Crippen LogP contribution in [0.2, 0.25) is 0 Å². The molecule has 1 fully saturated rings. The van der Waals surface area contributed by atoms with Gasteiger partial charge in [-0.25, -0.2) is 9.18 Å². The summed E-state index contributed by atoms with van der Waals surface area (Å²) >= 11 is 0. The number of amides is 3. The normalized spacial score (nSPS) is 15.0. The van der Waals surface area contributed by atoms with Gasteiger partial charge in [0.05, 0.1) is 13.1 Å². The molecule has 158 valence electrons. The van der Waals surface area contributed by atoms with Gasteiger partial charge in [-0.3, -0.25) is 9.69 Å². The van der Waals surface area contributed by atoms with Crippen LogP contribution in [0, 0.1) is 5.82 Å². The van der Waals surface area contributed by atoms with Gasteiger partial charge in [-0.15, -0.1) is 0 Å². The molecule has 1 aromatic heterocycles. The summed E-state index contributed by atoms with van der Waals surface area (Å²) in [5, 5.41) is 3.60. The first-order chi connectivity index (χ1) is 15.6. The van der Waals surface area contributed by atoms with E-state index in [1.807, 2.05) is 65.4 Å². The molecule has 6 heteroatoms. The van der Waals surface area contributed by atoms with Crippen molar-refractivity contribution >= 4 is 28.9 Å². The summed E-state index contributed by atoms with van der Waals surface area (Å²) in [5.41, 5.74) is 3.37. The molecule has 0 unspecified atom stereocenters. The molecule has 5 rings (SSSR count). The van der Waals surface area contributed by atoms with Gasteiger partial charge >= 0.3 is 6.03 Å². The second-order valence-corrected chi connectivity index (χ2v) is 7.69. The number of carbonyl (C=O) groups is 2. The van der Waals surface area contributed by atoms with E-state index in [1.165, 1.54) is 11.0 Å². The number of aromatic nitrogens is 1. The molecule has 0 spiro atoms. The number of rotatable bonds is 5. The maximum atomic E-state index is 14.2. The number of halogens is 1. The fourth-order valence-electron chi connectivity index (χ4n) is 3.97. The van der Waals surface area contributed by atoms with Gasteiger partial charge in [0.1, 0.15) is 11.5 Å². The molecule has 32 heavy (non-hydrogen) atoms. The van der Waals surface area contributed by atoms with Crippen LogP contribution in [0.15, 0.2) is 90.8 Å². The first kappa shape index (κ1) is 19.8. The summed E-state index contributed by atoms with van der Waals surface area (Å²) in [6, 6.07) is 23.3. The van der Waals surface area contributed by atoms with Crippen LogP contribution in [-0.4, -0.2) is 21.4 Å². The SMILES string of the molecule is O=C1N/C(=C\c2cn(Cc3ccccc3F)c3ccccc23)C(=O)N1Cc1ccccc1. The fraction of sp³-hybridized carbons (Fsp3) is 0.0769. The first-order valence-corrected chi connectivity index (χ1v) is 10.3. The predicted octanol–water partition coefficient (Wildman–Crippen LogP) is 4.92. The number of benzene rings is 3. The number of hydrogen-bond donors (Lipinski definition) is 1. The molecular formula is C26H20FN3O2. The summed E-state index contributed by atoms with van der Waals surface area (Å²) < 4.78 is 16.2. The zero-order valence-corrected chi connectivity index (χ0v) is 17.2. The number of imide groups is 1. The lowest BCUT2D eigenvalue weighted by atomic mass is 10.1. The number of urea groups is 1. The largest absolute Gasteiger partial charge is 0.342 e. The molecule has 0 aliphatic carbocycles. The van der Waals surface area contributed by atoms with Crippen molar-refractivity contribution in [3.63, 3.8) is 0 Å². The van der Waals surface area contributed by atoms with Crippen LogP contribution in [0.4, 0.5) is 9.18 Å². The predicted molar refractivity (Wildman–Crippen MR) is 121 cm³/mol. The van der Waals surface area contributed by atoms with E-state index < -0.39 is 6.03 Å². The Balaban J connectivity index is 1.48. The summed E-state index contributed by atoms with van der Waals surface area (Å²) in [4.78, 5) is 26.6. The molecule has 3 aromatic carbocycles. The maximum absolute atomic E-state index is 14.2. The Labute approximate surface area is 184 Å². The molecule has 5 nitrogen and oxygen atoms in total. The summed E-state index contributed by atoms with van der Waals surface area (Å²) in [6.07, 6.45) is 3.56. The minimum Gasteiger partial charge on any atom is -0.342 e. The fourth-order valence-corrected chi connectivity index (χ4v) is 3.97. The smallest absolute Gasteiger partial charge is 0.329 e. The van der Waals surface area contributed by atoms with Crippen LogP contribution < -0.4 is 5.32 Å². The van der Waals surface area contributed by atoms with Crippen molar-refractivity contribution in [1.29, 1.82) is 0 Å². The highest BCUT2D eigenvalue weighted by Gasteiger charge is 2.33. The molecule has 0 saturated carbocycles. The van der Waals surface area contributed by atoms with E-state index in [4.69, 9.17) is 0 Å². The highest BCUT2D eigenvalue weighted by atomic mass is 19.1. The van der Waals surface area contributed by atoms with Crippen molar-refractivity contribution in [3.05, 3.63) is 113 Å². The molecule has 1 N–H and O–H groups in total. The third-order valence-corrected chi connectivity index (χ3v) is 5.56. The van der Waals surface area contributed by atoms with Gasteiger partial charge in [0.2, 0.25) is 0 Å². The van der Waals surface area contributed by atoms with Crippen molar-refractivity contribution < 1.29 is 14.0 Å². The first-order valence-electron chi connectivity index (χ1n) is 10.3. The molecular weight excluding hydrogens is 405 g/mol. The lowest BCUT2D eigenvalue weighted by Crippen LogP contribution is -2.30. The van der Waals surface area contributed by atoms with E-state index in [0.717, 1.165) is 22.0 Å². The van der Waals surface area contributed by atoms with E-state index in [-0.39, 0.29) is 24.0 Å². The van der Waals surface area contributed by atoms with E-state index in [0.29, 0.717) is 12.1 Å². The van der Waals surface area contributed by atoms with Crippen molar-refractivity contribution in [3.8, 4) is 0 Å². The molecule has 3 amide bonds. The Morgan fingerprint density at radius 2 is 1.56 bits per heavy atom. The molecule has 1 aliphatic rings. The van der Waals surface area contributed by atoms with E-state index in [9.17, 15) is 14.0 Å². The maximum Gasteiger partial charge on any atom is 0.329 e. The Kier molecular flexibility index (Phi) is 5.03. The zero-order valence-electron chi connectivity index (χ0n) is 17.2. The number of nitrogens with one attached hydrogen (secondary N) is 1. The lowest BCUT2D eigenvalue weighted by Gasteiger charge is -2.11. The van der Waals surface area contributed by atoms with E-state index >= 15 is 0 Å². The number of carbonyl (C=O) groups excluding carboxylic acids is 2. The standard InChI is InChI=1S/C26H20FN3O2/c27-22-12-6-4-10-19(22)16-29-17-20(21-11-5-7-13-24(21)29)14-23-25(31)30(26(32)28-23)15-18-8-2-1-3-9-18/h1-14,17H,15-16H2,(H,28,32)/b23-14-. The van der Waals surface area contributed by atoms with Crippen molar-refractivity contribution in [2.24, 2.45) is 0 Å². The number of fused-ring (bicyclic) bond motifs is 1. The van der Waals surface area contributed by atoms with Crippen LogP contribution in [0.5, 0.6) is 0 Å². The zero-order chi connectivity index (χ0) is 22.1. The van der Waals surface area contributed by atoms with Gasteiger partial charge in [0.25, 0.3) is 5.91 Å². The Morgan fingerprint density at radius 3 is 2.38 bits per heavy atom. The molecule has 1 aliphatic heterocycles. The van der Waals surface area contributed by atoms with Gasteiger partial charge in [-0.05, 0) is 23.8 Å². The topological polar surface area (TPSA) is 54.3 Å². The third-order valence-electron chi connectivity index (χ3n) is 5.56. The van der Waals surface area contributed by atoms with E-state index in [1.54, 1.807) is 24.3 Å². The monoisotopic (exact) mass is 425 g/mol. The van der Waals surface area contributed by atoms with Gasteiger partial charge < -0.3 is 9.88 Å². The molecule has 0 radical (unpaired) electrons. The minimum atomic E-state index is -0.444. The van der Waals surface area contributed by atoms with Gasteiger partial charge in [0.15, 0.2) is 0 Å². The molecule has 4 aromatic rings. The van der Waals surface area contributed by atoms with Crippen LogP contribution in [0.1, 0.15) is 16.7 Å². The van der Waals surface area contributed by atoms with Gasteiger partial charge in [-0.1, -0.05) is 66.7 Å². The Bertz CT molecular complexity index is 1360. The second kappa shape index (κ2) is 8.15. The average Bonchev–Trinajstić information content (AvgIpc) is 3.28. The van der Waals surface area contributed by atoms with E-state index in [2.05, 4.69) is 5.32 Å². The molecule has 2 heterocycles. The van der Waals surface area contributed by atoms with Crippen LogP contribution in [0.3, 0.4) is 0 Å². The number of hydrogen-bond acceptors (Lipinski definition) is 2.